The molecule has 2 aliphatic rings. The van der Waals surface area contributed by atoms with Crippen molar-refractivity contribution in [2.45, 2.75) is 57.8 Å². The zero-order chi connectivity index (χ0) is 17.3. The van der Waals surface area contributed by atoms with E-state index in [4.69, 9.17) is 19.2 Å². The Hall–Kier alpha value is -0.980. The molecule has 1 heterocycles. The molecule has 6 atom stereocenters. The second kappa shape index (κ2) is 6.87. The molecule has 23 heavy (non-hydrogen) atoms. The minimum Gasteiger partial charge on any atom is -0.469 e. The highest BCUT2D eigenvalue weighted by Crippen LogP contribution is 2.51. The molecule has 0 radical (unpaired) electrons. The van der Waals surface area contributed by atoms with Gasteiger partial charge in [0, 0.05) is 25.4 Å². The molecule has 0 aromatic heterocycles. The van der Waals surface area contributed by atoms with Gasteiger partial charge in [0.25, 0.3) is 0 Å². The fourth-order valence-corrected chi connectivity index (χ4v) is 4.16. The Bertz CT molecular complexity index is 452. The van der Waals surface area contributed by atoms with Crippen molar-refractivity contribution >= 4 is 12.3 Å². The third kappa shape index (κ3) is 3.16. The fourth-order valence-electron chi connectivity index (χ4n) is 4.16. The van der Waals surface area contributed by atoms with Gasteiger partial charge >= 0.3 is 5.97 Å². The maximum Gasteiger partial charge on any atom is 0.308 e. The largest absolute Gasteiger partial charge is 0.469 e. The van der Waals surface area contributed by atoms with Crippen LogP contribution in [0.5, 0.6) is 0 Å². The molecule has 132 valence electrons. The van der Waals surface area contributed by atoms with Gasteiger partial charge in [-0.15, -0.1) is 0 Å². The van der Waals surface area contributed by atoms with Crippen LogP contribution in [0.2, 0.25) is 0 Å². The highest BCUT2D eigenvalue weighted by Gasteiger charge is 2.58. The standard InChI is InChI=1S/C17H28O6/c1-11-6-7-14(12(2)15(19)20-4)17(10-18)13(11)8-9-16(3,21-5)22-23-17/h10-14H,6-9H2,1-5H3/t11-,12-,13?,14?,16-,17-/m1/s1. The summed E-state index contributed by atoms with van der Waals surface area (Å²) in [4.78, 5) is 35.5. The number of rotatable bonds is 4. The van der Waals surface area contributed by atoms with Gasteiger partial charge in [-0.3, -0.25) is 9.59 Å². The molecule has 2 fully saturated rings. The number of carbonyl (C=O) groups excluding carboxylic acids is 2. The van der Waals surface area contributed by atoms with Crippen LogP contribution >= 0.6 is 0 Å². The molecule has 0 aromatic rings. The number of aldehydes is 1. The summed E-state index contributed by atoms with van der Waals surface area (Å²) in [6.45, 7) is 5.71. The molecular weight excluding hydrogens is 300 g/mol. The number of methoxy groups -OCH3 is 2. The minimum atomic E-state index is -1.14. The van der Waals surface area contributed by atoms with Gasteiger partial charge in [-0.05, 0) is 32.1 Å². The Balaban J connectivity index is 2.39. The van der Waals surface area contributed by atoms with E-state index >= 15 is 0 Å². The van der Waals surface area contributed by atoms with Crippen molar-refractivity contribution in [1.82, 2.24) is 0 Å². The Labute approximate surface area is 137 Å². The van der Waals surface area contributed by atoms with E-state index < -0.39 is 17.3 Å². The first-order chi connectivity index (χ1) is 10.8. The van der Waals surface area contributed by atoms with Gasteiger partial charge in [0.1, 0.15) is 0 Å². The van der Waals surface area contributed by atoms with E-state index in [2.05, 4.69) is 6.92 Å². The Kier molecular flexibility index (Phi) is 5.48. The molecule has 0 aromatic carbocycles. The van der Waals surface area contributed by atoms with Crippen molar-refractivity contribution in [3.63, 3.8) is 0 Å². The maximum absolute atomic E-state index is 12.1. The van der Waals surface area contributed by atoms with E-state index in [0.29, 0.717) is 12.3 Å². The third-order valence-corrected chi connectivity index (χ3v) is 5.84. The van der Waals surface area contributed by atoms with Crippen LogP contribution in [0.4, 0.5) is 0 Å². The predicted octanol–water partition coefficient (Wildman–Crippen LogP) is 2.50. The lowest BCUT2D eigenvalue weighted by atomic mass is 9.60. The molecule has 2 unspecified atom stereocenters. The average molecular weight is 328 g/mol. The van der Waals surface area contributed by atoms with Crippen LogP contribution in [-0.2, 0) is 28.8 Å². The van der Waals surface area contributed by atoms with Gasteiger partial charge in [-0.2, -0.15) is 0 Å². The molecule has 0 amide bonds. The number of fused-ring (bicyclic) bond motifs is 1. The van der Waals surface area contributed by atoms with Gasteiger partial charge in [0.2, 0.25) is 0 Å². The zero-order valence-electron chi connectivity index (χ0n) is 14.7. The summed E-state index contributed by atoms with van der Waals surface area (Å²) in [5.74, 6) is -1.62. The maximum atomic E-state index is 12.1. The smallest absolute Gasteiger partial charge is 0.308 e. The molecule has 0 bridgehead atoms. The fraction of sp³-hybridized carbons (Fsp3) is 0.882. The molecule has 1 saturated heterocycles. The van der Waals surface area contributed by atoms with E-state index in [1.54, 1.807) is 21.0 Å². The first kappa shape index (κ1) is 18.4. The average Bonchev–Trinajstić information content (AvgIpc) is 2.73. The van der Waals surface area contributed by atoms with Crippen LogP contribution in [0.25, 0.3) is 0 Å². The Morgan fingerprint density at radius 1 is 1.26 bits per heavy atom. The van der Waals surface area contributed by atoms with Crippen molar-refractivity contribution in [1.29, 1.82) is 0 Å². The van der Waals surface area contributed by atoms with E-state index in [-0.39, 0.29) is 17.8 Å². The second-order valence-corrected chi connectivity index (χ2v) is 7.09. The summed E-state index contributed by atoms with van der Waals surface area (Å²) >= 11 is 0. The van der Waals surface area contributed by atoms with Crippen LogP contribution in [0.1, 0.15) is 46.5 Å². The Morgan fingerprint density at radius 3 is 2.52 bits per heavy atom. The molecular formula is C17H28O6. The summed E-state index contributed by atoms with van der Waals surface area (Å²) in [7, 11) is 2.92. The molecule has 0 spiro atoms. The number of ether oxygens (including phenoxy) is 2. The summed E-state index contributed by atoms with van der Waals surface area (Å²) < 4.78 is 10.3. The van der Waals surface area contributed by atoms with Crippen molar-refractivity contribution < 1.29 is 28.8 Å². The highest BCUT2D eigenvalue weighted by atomic mass is 17.2. The molecule has 1 saturated carbocycles. The molecule has 6 heteroatoms. The van der Waals surface area contributed by atoms with E-state index in [9.17, 15) is 9.59 Å². The third-order valence-electron chi connectivity index (χ3n) is 5.84. The van der Waals surface area contributed by atoms with Crippen molar-refractivity contribution in [2.75, 3.05) is 14.2 Å². The van der Waals surface area contributed by atoms with Gasteiger partial charge in [-0.25, -0.2) is 9.78 Å². The van der Waals surface area contributed by atoms with Crippen LogP contribution in [0, 0.1) is 23.7 Å². The molecule has 2 rings (SSSR count). The van der Waals surface area contributed by atoms with Gasteiger partial charge < -0.3 is 9.47 Å². The minimum absolute atomic E-state index is 0.0113. The van der Waals surface area contributed by atoms with E-state index in [0.717, 1.165) is 25.5 Å². The van der Waals surface area contributed by atoms with Crippen LogP contribution in [-0.4, -0.2) is 37.9 Å². The SMILES string of the molecule is COC(=O)[C@H](C)C1CC[C@@H](C)C2CC[C@](C)(OC)OO[C@]21C=O. The second-order valence-electron chi connectivity index (χ2n) is 7.09. The predicted molar refractivity (Wildman–Crippen MR) is 82.2 cm³/mol. The number of carbonyl (C=O) groups is 2. The molecule has 1 aliphatic heterocycles. The van der Waals surface area contributed by atoms with Gasteiger partial charge in [0.15, 0.2) is 17.7 Å². The van der Waals surface area contributed by atoms with Gasteiger partial charge in [0.05, 0.1) is 13.0 Å². The summed E-state index contributed by atoms with van der Waals surface area (Å²) in [5.41, 5.74) is -1.14. The normalized spacial score (nSPS) is 42.2. The summed E-state index contributed by atoms with van der Waals surface area (Å²) in [5, 5.41) is 0. The molecule has 0 N–H and O–H groups in total. The first-order valence-electron chi connectivity index (χ1n) is 8.29. The van der Waals surface area contributed by atoms with Crippen molar-refractivity contribution in [3.8, 4) is 0 Å². The first-order valence-corrected chi connectivity index (χ1v) is 8.29. The lowest BCUT2D eigenvalue weighted by Gasteiger charge is -2.47. The van der Waals surface area contributed by atoms with Crippen LogP contribution < -0.4 is 0 Å². The number of esters is 1. The van der Waals surface area contributed by atoms with Crippen molar-refractivity contribution in [2.24, 2.45) is 23.7 Å². The Morgan fingerprint density at radius 2 is 1.96 bits per heavy atom. The lowest BCUT2D eigenvalue weighted by Crippen LogP contribution is -2.56. The van der Waals surface area contributed by atoms with E-state index in [1.807, 2.05) is 0 Å². The topological polar surface area (TPSA) is 71.1 Å². The summed E-state index contributed by atoms with van der Waals surface area (Å²) in [6.07, 6.45) is 3.87. The monoisotopic (exact) mass is 328 g/mol. The zero-order valence-corrected chi connectivity index (χ0v) is 14.7. The van der Waals surface area contributed by atoms with Crippen LogP contribution in [0.3, 0.4) is 0 Å². The van der Waals surface area contributed by atoms with Crippen molar-refractivity contribution in [3.05, 3.63) is 0 Å². The molecule has 6 nitrogen and oxygen atoms in total. The quantitative estimate of drug-likeness (QED) is 0.448. The number of hydrogen-bond donors (Lipinski definition) is 0. The van der Waals surface area contributed by atoms with Gasteiger partial charge in [-0.1, -0.05) is 13.8 Å². The lowest BCUT2D eigenvalue weighted by molar-refractivity contribution is -0.455. The number of hydrogen-bond acceptors (Lipinski definition) is 6. The summed E-state index contributed by atoms with van der Waals surface area (Å²) in [6, 6.07) is 0. The van der Waals surface area contributed by atoms with Crippen LogP contribution in [0.15, 0.2) is 0 Å². The molecule has 1 aliphatic carbocycles. The van der Waals surface area contributed by atoms with E-state index in [1.165, 1.54) is 7.11 Å². The highest BCUT2D eigenvalue weighted by molar-refractivity contribution is 5.74.